The Bertz CT molecular complexity index is 1160. The third-order valence-electron chi connectivity index (χ3n) is 5.40. The first-order valence-corrected chi connectivity index (χ1v) is 10.3. The molecule has 2 aromatic heterocycles. The lowest BCUT2D eigenvalue weighted by atomic mass is 9.91. The van der Waals surface area contributed by atoms with Crippen LogP contribution in [0.3, 0.4) is 0 Å². The zero-order valence-corrected chi connectivity index (χ0v) is 17.3. The number of hydrogen-bond donors (Lipinski definition) is 0. The largest absolute Gasteiger partial charge is 0.237 e. The van der Waals surface area contributed by atoms with Crippen LogP contribution in [0.1, 0.15) is 28.8 Å². The predicted molar refractivity (Wildman–Crippen MR) is 119 cm³/mol. The van der Waals surface area contributed by atoms with Crippen LogP contribution in [0.15, 0.2) is 54.6 Å². The Morgan fingerprint density at radius 3 is 2.57 bits per heavy atom. The van der Waals surface area contributed by atoms with E-state index in [-0.39, 0.29) is 18.2 Å². The van der Waals surface area contributed by atoms with Gasteiger partial charge in [-0.15, -0.1) is 23.7 Å². The Kier molecular flexibility index (Phi) is 5.22. The third-order valence-corrected chi connectivity index (χ3v) is 6.59. The van der Waals surface area contributed by atoms with Gasteiger partial charge in [0, 0.05) is 15.8 Å². The standard InChI is InChI=1S/C24H20FNS.ClH/c1-15-7-6-8-16(13-15)19-14-21(17-9-2-4-11-20(17)25)26-24-23(19)18-10-3-5-12-22(18)27-24;/h2,4,6-9,11,13-14H,3,5,10,12H2,1H3;1H. The number of fused-ring (bicyclic) bond motifs is 3. The molecule has 28 heavy (non-hydrogen) atoms. The van der Waals surface area contributed by atoms with Gasteiger partial charge in [-0.25, -0.2) is 9.37 Å². The summed E-state index contributed by atoms with van der Waals surface area (Å²) in [6, 6.07) is 17.6. The van der Waals surface area contributed by atoms with E-state index in [0.29, 0.717) is 5.56 Å². The fourth-order valence-corrected chi connectivity index (χ4v) is 5.39. The minimum absolute atomic E-state index is 0. The summed E-state index contributed by atoms with van der Waals surface area (Å²) < 4.78 is 14.5. The van der Waals surface area contributed by atoms with Crippen LogP contribution < -0.4 is 0 Å². The van der Waals surface area contributed by atoms with Gasteiger partial charge in [0.1, 0.15) is 10.6 Å². The molecule has 0 bridgehead atoms. The summed E-state index contributed by atoms with van der Waals surface area (Å²) in [5.41, 5.74) is 6.35. The third kappa shape index (κ3) is 3.23. The van der Waals surface area contributed by atoms with Gasteiger partial charge in [-0.05, 0) is 67.5 Å². The summed E-state index contributed by atoms with van der Waals surface area (Å²) in [5.74, 6) is -0.221. The van der Waals surface area contributed by atoms with E-state index in [9.17, 15) is 4.39 Å². The molecule has 4 aromatic rings. The number of benzene rings is 2. The second-order valence-corrected chi connectivity index (χ2v) is 8.38. The molecule has 0 spiro atoms. The van der Waals surface area contributed by atoms with E-state index in [2.05, 4.69) is 37.3 Å². The number of nitrogens with zero attached hydrogens (tertiary/aromatic N) is 1. The highest BCUT2D eigenvalue weighted by Crippen LogP contribution is 2.42. The van der Waals surface area contributed by atoms with Crippen molar-refractivity contribution in [2.24, 2.45) is 0 Å². The van der Waals surface area contributed by atoms with Crippen LogP contribution in [0.4, 0.5) is 4.39 Å². The molecule has 4 heteroatoms. The number of aromatic nitrogens is 1. The molecule has 0 fully saturated rings. The van der Waals surface area contributed by atoms with Gasteiger partial charge in [-0.3, -0.25) is 0 Å². The maximum atomic E-state index is 14.5. The predicted octanol–water partition coefficient (Wildman–Crippen LogP) is 7.38. The van der Waals surface area contributed by atoms with Gasteiger partial charge in [0.05, 0.1) is 5.69 Å². The van der Waals surface area contributed by atoms with Crippen molar-refractivity contribution in [3.63, 3.8) is 0 Å². The van der Waals surface area contributed by atoms with Crippen molar-refractivity contribution in [1.82, 2.24) is 4.98 Å². The Labute approximate surface area is 174 Å². The number of aryl methyl sites for hydroxylation is 3. The minimum atomic E-state index is -0.221. The van der Waals surface area contributed by atoms with Crippen molar-refractivity contribution in [2.45, 2.75) is 32.6 Å². The summed E-state index contributed by atoms with van der Waals surface area (Å²) in [6.07, 6.45) is 4.74. The van der Waals surface area contributed by atoms with Gasteiger partial charge in [0.2, 0.25) is 0 Å². The van der Waals surface area contributed by atoms with Crippen LogP contribution in [0.25, 0.3) is 32.6 Å². The molecule has 0 atom stereocenters. The molecule has 142 valence electrons. The Balaban J connectivity index is 0.00000192. The van der Waals surface area contributed by atoms with E-state index in [1.54, 1.807) is 17.4 Å². The van der Waals surface area contributed by atoms with Crippen molar-refractivity contribution >= 4 is 34.0 Å². The minimum Gasteiger partial charge on any atom is -0.237 e. The van der Waals surface area contributed by atoms with Crippen LogP contribution in [-0.2, 0) is 12.8 Å². The molecule has 0 aliphatic heterocycles. The van der Waals surface area contributed by atoms with E-state index in [4.69, 9.17) is 4.98 Å². The number of thiophene rings is 1. The van der Waals surface area contributed by atoms with E-state index < -0.39 is 0 Å². The highest BCUT2D eigenvalue weighted by atomic mass is 35.5. The highest BCUT2D eigenvalue weighted by Gasteiger charge is 2.21. The van der Waals surface area contributed by atoms with Crippen LogP contribution >= 0.6 is 23.7 Å². The van der Waals surface area contributed by atoms with Gasteiger partial charge in [-0.1, -0.05) is 42.0 Å². The van der Waals surface area contributed by atoms with Crippen LogP contribution in [0, 0.1) is 12.7 Å². The number of rotatable bonds is 2. The van der Waals surface area contributed by atoms with Crippen molar-refractivity contribution in [2.75, 3.05) is 0 Å². The first-order chi connectivity index (χ1) is 13.2. The summed E-state index contributed by atoms with van der Waals surface area (Å²) in [5, 5.41) is 1.28. The molecule has 2 heterocycles. The van der Waals surface area contributed by atoms with E-state index in [1.807, 2.05) is 12.1 Å². The molecule has 0 radical (unpaired) electrons. The van der Waals surface area contributed by atoms with Crippen molar-refractivity contribution in [1.29, 1.82) is 0 Å². The summed E-state index contributed by atoms with van der Waals surface area (Å²) in [6.45, 7) is 2.11. The lowest BCUT2D eigenvalue weighted by molar-refractivity contribution is 0.631. The number of hydrogen-bond acceptors (Lipinski definition) is 2. The van der Waals surface area contributed by atoms with Crippen molar-refractivity contribution < 1.29 is 4.39 Å². The zero-order chi connectivity index (χ0) is 18.4. The van der Waals surface area contributed by atoms with Gasteiger partial charge >= 0.3 is 0 Å². The fraction of sp³-hybridized carbons (Fsp3) is 0.208. The summed E-state index contributed by atoms with van der Waals surface area (Å²) >= 11 is 1.79. The molecule has 0 saturated heterocycles. The molecule has 1 nitrogen and oxygen atoms in total. The Hall–Kier alpha value is -2.23. The van der Waals surface area contributed by atoms with Gasteiger partial charge in [-0.2, -0.15) is 0 Å². The molecular formula is C24H21ClFNS. The Morgan fingerprint density at radius 2 is 1.75 bits per heavy atom. The maximum absolute atomic E-state index is 14.5. The van der Waals surface area contributed by atoms with E-state index in [0.717, 1.165) is 23.4 Å². The van der Waals surface area contributed by atoms with Gasteiger partial charge in [0.25, 0.3) is 0 Å². The average molecular weight is 410 g/mol. The smallest absolute Gasteiger partial charge is 0.132 e. The Morgan fingerprint density at radius 1 is 0.929 bits per heavy atom. The number of pyridine rings is 1. The molecule has 0 amide bonds. The molecule has 0 saturated carbocycles. The highest BCUT2D eigenvalue weighted by molar-refractivity contribution is 7.19. The SMILES string of the molecule is Cc1cccc(-c2cc(-c3ccccc3F)nc3sc4c(c23)CCCC4)c1.Cl. The maximum Gasteiger partial charge on any atom is 0.132 e. The second-order valence-electron chi connectivity index (χ2n) is 7.30. The molecule has 1 aliphatic rings. The van der Waals surface area contributed by atoms with Crippen LogP contribution in [-0.4, -0.2) is 4.98 Å². The quantitative estimate of drug-likeness (QED) is 0.336. The number of halogens is 2. The fourth-order valence-electron chi connectivity index (χ4n) is 4.11. The van der Waals surface area contributed by atoms with Crippen molar-refractivity contribution in [3.8, 4) is 22.4 Å². The topological polar surface area (TPSA) is 12.9 Å². The van der Waals surface area contributed by atoms with E-state index >= 15 is 0 Å². The normalized spacial score (nSPS) is 13.2. The lowest BCUT2D eigenvalue weighted by Gasteiger charge is -2.14. The molecule has 0 unspecified atom stereocenters. The van der Waals surface area contributed by atoms with Gasteiger partial charge < -0.3 is 0 Å². The molecule has 2 aromatic carbocycles. The van der Waals surface area contributed by atoms with Crippen molar-refractivity contribution in [3.05, 3.63) is 76.4 Å². The second kappa shape index (κ2) is 7.65. The van der Waals surface area contributed by atoms with Crippen LogP contribution in [0.5, 0.6) is 0 Å². The zero-order valence-electron chi connectivity index (χ0n) is 15.7. The molecule has 1 aliphatic carbocycles. The molecule has 0 N–H and O–H groups in total. The first kappa shape index (κ1) is 19.1. The summed E-state index contributed by atoms with van der Waals surface area (Å²) in [7, 11) is 0. The molecule has 5 rings (SSSR count). The lowest BCUT2D eigenvalue weighted by Crippen LogP contribution is -1.99. The van der Waals surface area contributed by atoms with E-state index in [1.165, 1.54) is 51.4 Å². The van der Waals surface area contributed by atoms with Gasteiger partial charge in [0.15, 0.2) is 0 Å². The van der Waals surface area contributed by atoms with Crippen LogP contribution in [0.2, 0.25) is 0 Å². The first-order valence-electron chi connectivity index (χ1n) is 9.48. The monoisotopic (exact) mass is 409 g/mol. The molecular weight excluding hydrogens is 389 g/mol. The summed E-state index contributed by atoms with van der Waals surface area (Å²) in [4.78, 5) is 7.40. The average Bonchev–Trinajstić information content (AvgIpc) is 3.06.